The maximum Gasteiger partial charge on any atom is 0.220 e. The molecule has 1 aliphatic heterocycles. The molecule has 0 unspecified atom stereocenters. The van der Waals surface area contributed by atoms with Gasteiger partial charge in [-0.05, 0) is 37.7 Å². The second-order valence-electron chi connectivity index (χ2n) is 9.70. The zero-order chi connectivity index (χ0) is 24.9. The van der Waals surface area contributed by atoms with Crippen LogP contribution in [0, 0.1) is 0 Å². The van der Waals surface area contributed by atoms with Gasteiger partial charge < -0.3 is 25.6 Å². The van der Waals surface area contributed by atoms with Crippen molar-refractivity contribution in [3.8, 4) is 0 Å². The number of benzene rings is 1. The lowest BCUT2D eigenvalue weighted by molar-refractivity contribution is -0.123. The van der Waals surface area contributed by atoms with E-state index in [4.69, 9.17) is 4.74 Å². The number of aryl methyl sites for hydroxylation is 1. The van der Waals surface area contributed by atoms with Crippen LogP contribution in [0.2, 0.25) is 0 Å². The first-order valence-electron chi connectivity index (χ1n) is 12.9. The lowest BCUT2D eigenvalue weighted by atomic mass is 10.1. The van der Waals surface area contributed by atoms with E-state index in [9.17, 15) is 15.0 Å². The molecule has 3 aromatic rings. The molecule has 1 saturated heterocycles. The molecular weight excluding hydrogens is 460 g/mol. The van der Waals surface area contributed by atoms with E-state index >= 15 is 0 Å². The van der Waals surface area contributed by atoms with Crippen LogP contribution in [0.25, 0.3) is 11.2 Å². The normalized spacial score (nSPS) is 24.4. The van der Waals surface area contributed by atoms with E-state index < -0.39 is 24.5 Å². The summed E-state index contributed by atoms with van der Waals surface area (Å²) in [5, 5.41) is 27.3. The number of fused-ring (bicyclic) bond motifs is 1. The van der Waals surface area contributed by atoms with Crippen molar-refractivity contribution in [2.75, 3.05) is 11.9 Å². The highest BCUT2D eigenvalue weighted by Gasteiger charge is 2.45. The van der Waals surface area contributed by atoms with Gasteiger partial charge in [-0.3, -0.25) is 9.36 Å². The number of aromatic nitrogens is 4. The van der Waals surface area contributed by atoms with Gasteiger partial charge in [-0.25, -0.2) is 15.0 Å². The Morgan fingerprint density at radius 2 is 1.92 bits per heavy atom. The third-order valence-corrected chi connectivity index (χ3v) is 7.17. The van der Waals surface area contributed by atoms with E-state index in [1.807, 2.05) is 18.2 Å². The van der Waals surface area contributed by atoms with E-state index in [1.165, 1.54) is 24.7 Å². The maximum absolute atomic E-state index is 12.6. The molecule has 0 spiro atoms. The number of anilines is 1. The molecule has 10 heteroatoms. The van der Waals surface area contributed by atoms with Crippen molar-refractivity contribution >= 4 is 22.9 Å². The van der Waals surface area contributed by atoms with Gasteiger partial charge in [0.05, 0.1) is 19.0 Å². The Morgan fingerprint density at radius 3 is 2.69 bits per heavy atom. The van der Waals surface area contributed by atoms with Crippen molar-refractivity contribution in [2.24, 2.45) is 0 Å². The zero-order valence-electron chi connectivity index (χ0n) is 20.3. The van der Waals surface area contributed by atoms with Gasteiger partial charge >= 0.3 is 0 Å². The van der Waals surface area contributed by atoms with E-state index in [2.05, 4.69) is 37.7 Å². The summed E-state index contributed by atoms with van der Waals surface area (Å²) in [5.41, 5.74) is 2.38. The highest BCUT2D eigenvalue weighted by atomic mass is 16.5. The first-order chi connectivity index (χ1) is 17.6. The quantitative estimate of drug-likeness (QED) is 0.316. The Morgan fingerprint density at radius 1 is 1.11 bits per heavy atom. The molecule has 0 radical (unpaired) electrons. The molecule has 10 nitrogen and oxygen atoms in total. The first kappa shape index (κ1) is 24.6. The van der Waals surface area contributed by atoms with Gasteiger partial charge in [0.25, 0.3) is 0 Å². The summed E-state index contributed by atoms with van der Waals surface area (Å²) >= 11 is 0. The number of aliphatic hydroxyl groups excluding tert-OH is 2. The van der Waals surface area contributed by atoms with E-state index in [-0.39, 0.29) is 12.5 Å². The van der Waals surface area contributed by atoms with Crippen LogP contribution in [0.1, 0.15) is 56.7 Å². The van der Waals surface area contributed by atoms with Gasteiger partial charge in [0.2, 0.25) is 5.91 Å². The predicted octanol–water partition coefficient (Wildman–Crippen LogP) is 2.33. The fourth-order valence-corrected chi connectivity index (χ4v) is 5.23. The van der Waals surface area contributed by atoms with Gasteiger partial charge in [0.1, 0.15) is 18.5 Å². The minimum atomic E-state index is -1.07. The van der Waals surface area contributed by atoms with Gasteiger partial charge in [-0.2, -0.15) is 0 Å². The summed E-state index contributed by atoms with van der Waals surface area (Å²) < 4.78 is 7.62. The maximum atomic E-state index is 12.6. The predicted molar refractivity (Wildman–Crippen MR) is 134 cm³/mol. The van der Waals surface area contributed by atoms with Crippen molar-refractivity contribution in [3.05, 3.63) is 48.5 Å². The third-order valence-electron chi connectivity index (χ3n) is 7.17. The van der Waals surface area contributed by atoms with E-state index in [0.717, 1.165) is 32.1 Å². The van der Waals surface area contributed by atoms with Crippen molar-refractivity contribution in [1.82, 2.24) is 24.8 Å². The molecule has 1 amide bonds. The van der Waals surface area contributed by atoms with Crippen LogP contribution in [0.4, 0.5) is 5.82 Å². The molecule has 2 aromatic heterocycles. The molecule has 5 rings (SSSR count). The monoisotopic (exact) mass is 494 g/mol. The molecule has 36 heavy (non-hydrogen) atoms. The molecule has 3 heterocycles. The summed E-state index contributed by atoms with van der Waals surface area (Å²) in [6.45, 7) is -0.331. The van der Waals surface area contributed by atoms with Crippen LogP contribution in [0.3, 0.4) is 0 Å². The number of ether oxygens (including phenoxy) is 1. The summed E-state index contributed by atoms with van der Waals surface area (Å²) in [6.07, 6.45) is 7.86. The number of hydrogen-bond donors (Lipinski definition) is 4. The summed E-state index contributed by atoms with van der Waals surface area (Å²) in [6, 6.07) is 9.80. The molecule has 1 saturated carbocycles. The number of amides is 1. The van der Waals surface area contributed by atoms with E-state index in [0.29, 0.717) is 29.4 Å². The van der Waals surface area contributed by atoms with Crippen molar-refractivity contribution in [2.45, 2.75) is 81.9 Å². The third kappa shape index (κ3) is 5.35. The lowest BCUT2D eigenvalue weighted by Crippen LogP contribution is -2.48. The minimum Gasteiger partial charge on any atom is -0.394 e. The molecule has 4 N–H and O–H groups in total. The van der Waals surface area contributed by atoms with Crippen LogP contribution in [0.5, 0.6) is 0 Å². The van der Waals surface area contributed by atoms with Crippen LogP contribution in [0.15, 0.2) is 43.0 Å². The molecule has 4 atom stereocenters. The molecule has 2 aliphatic rings. The second kappa shape index (κ2) is 11.3. The topological polar surface area (TPSA) is 134 Å². The summed E-state index contributed by atoms with van der Waals surface area (Å²) in [7, 11) is 0. The molecular formula is C26H34N6O4. The Balaban J connectivity index is 1.22. The van der Waals surface area contributed by atoms with Crippen LogP contribution >= 0.6 is 0 Å². The minimum absolute atomic E-state index is 0.171. The Hall–Kier alpha value is -3.08. The second-order valence-corrected chi connectivity index (χ2v) is 9.70. The summed E-state index contributed by atoms with van der Waals surface area (Å²) in [4.78, 5) is 25.9. The van der Waals surface area contributed by atoms with Crippen LogP contribution in [-0.4, -0.2) is 66.5 Å². The Labute approximate surface area is 210 Å². The fraction of sp³-hybridized carbons (Fsp3) is 0.538. The van der Waals surface area contributed by atoms with Gasteiger partial charge in [0.15, 0.2) is 23.2 Å². The number of nitrogens with zero attached hydrogens (tertiary/aromatic N) is 4. The number of nitrogens with one attached hydrogen (secondary N) is 2. The number of unbranched alkanes of at least 4 members (excludes halogenated alkanes) is 1. The Kier molecular flexibility index (Phi) is 7.74. The number of rotatable bonds is 10. The number of hydrogen-bond acceptors (Lipinski definition) is 8. The largest absolute Gasteiger partial charge is 0.394 e. The fourth-order valence-electron chi connectivity index (χ4n) is 5.23. The molecule has 2 fully saturated rings. The van der Waals surface area contributed by atoms with Crippen molar-refractivity contribution in [1.29, 1.82) is 0 Å². The number of imidazole rings is 1. The van der Waals surface area contributed by atoms with E-state index in [1.54, 1.807) is 10.9 Å². The van der Waals surface area contributed by atoms with Crippen molar-refractivity contribution < 1.29 is 19.7 Å². The SMILES string of the molecule is O=C(CCCCc1ccccc1)N[C@@H]1[C@@H](O)[C@H](n2cnc3c(NC4CCCC4)ncnc32)O[C@@H]1CO. The number of carbonyl (C=O) groups is 1. The van der Waals surface area contributed by atoms with Crippen LogP contribution < -0.4 is 10.6 Å². The summed E-state index contributed by atoms with van der Waals surface area (Å²) in [5.74, 6) is 0.493. The number of carbonyl (C=O) groups excluding carboxylic acids is 1. The van der Waals surface area contributed by atoms with Crippen LogP contribution in [-0.2, 0) is 16.0 Å². The highest BCUT2D eigenvalue weighted by Crippen LogP contribution is 2.33. The van der Waals surface area contributed by atoms with Crippen molar-refractivity contribution in [3.63, 3.8) is 0 Å². The highest BCUT2D eigenvalue weighted by molar-refractivity contribution is 5.83. The standard InChI is InChI=1S/C26H34N6O4/c33-14-19-21(31-20(34)13-7-4-10-17-8-2-1-3-9-17)23(35)26(36-19)32-16-29-22-24(27-15-28-25(22)32)30-18-11-5-6-12-18/h1-3,8-9,15-16,18-19,21,23,26,33,35H,4-7,10-14H2,(H,31,34)(H,27,28,30)/t19-,21+,23-,26-/m1/s1. The number of aliphatic hydroxyl groups is 2. The van der Waals surface area contributed by atoms with Gasteiger partial charge in [-0.1, -0.05) is 43.2 Å². The smallest absolute Gasteiger partial charge is 0.220 e. The average molecular weight is 495 g/mol. The lowest BCUT2D eigenvalue weighted by Gasteiger charge is -2.21. The van der Waals surface area contributed by atoms with Gasteiger partial charge in [-0.15, -0.1) is 0 Å². The Bertz CT molecular complexity index is 1150. The molecule has 0 bridgehead atoms. The van der Waals surface area contributed by atoms with Gasteiger partial charge in [0, 0.05) is 12.5 Å². The average Bonchev–Trinajstić information content (AvgIpc) is 3.63. The molecule has 1 aromatic carbocycles. The first-order valence-corrected chi connectivity index (χ1v) is 12.9. The molecule has 192 valence electrons. The zero-order valence-corrected chi connectivity index (χ0v) is 20.3. The molecule has 1 aliphatic carbocycles.